The maximum atomic E-state index is 10.3. The van der Waals surface area contributed by atoms with Crippen LogP contribution in [0, 0.1) is 11.8 Å². The molecule has 1 aromatic rings. The Hall–Kier alpha value is -1.58. The second kappa shape index (κ2) is 4.60. The van der Waals surface area contributed by atoms with Gasteiger partial charge in [-0.25, -0.2) is 0 Å². The van der Waals surface area contributed by atoms with Crippen LogP contribution in [0.5, 0.6) is 5.75 Å². The zero-order chi connectivity index (χ0) is 10.6. The molecule has 0 aromatic heterocycles. The molecule has 0 saturated heterocycles. The number of hydrogen-bond donors (Lipinski definition) is 2. The van der Waals surface area contributed by atoms with Gasteiger partial charge in [-0.05, 0) is 30.2 Å². The molecule has 0 unspecified atom stereocenters. The van der Waals surface area contributed by atoms with E-state index in [4.69, 9.17) is 0 Å². The highest BCUT2D eigenvalue weighted by molar-refractivity contribution is 5.64. The summed E-state index contributed by atoms with van der Waals surface area (Å²) >= 11 is 0. The van der Waals surface area contributed by atoms with Crippen molar-refractivity contribution in [2.24, 2.45) is 5.18 Å². The molecule has 14 heavy (non-hydrogen) atoms. The number of aromatic hydroxyl groups is 1. The fraction of sp³-hybridized carbons (Fsp3) is 0.400. The minimum absolute atomic E-state index is 0.0794. The molecule has 0 saturated carbocycles. The molecule has 0 spiro atoms. The van der Waals surface area contributed by atoms with E-state index in [-0.39, 0.29) is 11.4 Å². The van der Waals surface area contributed by atoms with E-state index in [1.807, 2.05) is 6.92 Å². The smallest absolute Gasteiger partial charge is 0.150 e. The Bertz CT molecular complexity index is 337. The minimum Gasteiger partial charge on any atom is -0.505 e. The van der Waals surface area contributed by atoms with Crippen molar-refractivity contribution >= 4 is 11.4 Å². The number of nitroso groups, excluding NO2 is 1. The van der Waals surface area contributed by atoms with Crippen LogP contribution in [0.4, 0.5) is 11.4 Å². The van der Waals surface area contributed by atoms with Gasteiger partial charge < -0.3 is 10.4 Å². The lowest BCUT2D eigenvalue weighted by atomic mass is 10.1. The average molecular weight is 194 g/mol. The molecule has 0 aliphatic rings. The van der Waals surface area contributed by atoms with Crippen LogP contribution in [-0.2, 0) is 0 Å². The number of anilines is 1. The molecular formula is C10H14N2O2. The molecule has 0 radical (unpaired) electrons. The van der Waals surface area contributed by atoms with Crippen molar-refractivity contribution in [1.82, 2.24) is 0 Å². The third kappa shape index (κ3) is 2.22. The monoisotopic (exact) mass is 194 g/mol. The van der Waals surface area contributed by atoms with Crippen LogP contribution in [0.25, 0.3) is 0 Å². The first-order valence-corrected chi connectivity index (χ1v) is 4.60. The highest BCUT2D eigenvalue weighted by atomic mass is 16.3. The Balaban J connectivity index is 2.96. The van der Waals surface area contributed by atoms with Crippen molar-refractivity contribution in [1.29, 1.82) is 0 Å². The Morgan fingerprint density at radius 2 is 2.21 bits per heavy atom. The molecule has 76 valence electrons. The molecule has 1 aromatic carbocycles. The van der Waals surface area contributed by atoms with E-state index in [1.165, 1.54) is 6.07 Å². The second-order valence-corrected chi connectivity index (χ2v) is 3.17. The number of benzene rings is 1. The molecule has 0 heterocycles. The molecule has 4 heteroatoms. The van der Waals surface area contributed by atoms with Gasteiger partial charge >= 0.3 is 0 Å². The lowest BCUT2D eigenvalue weighted by molar-refractivity contribution is 0.477. The third-order valence-electron chi connectivity index (χ3n) is 1.99. The average Bonchev–Trinajstić information content (AvgIpc) is 2.18. The Morgan fingerprint density at radius 1 is 1.50 bits per heavy atom. The first kappa shape index (κ1) is 10.5. The molecule has 0 bridgehead atoms. The van der Waals surface area contributed by atoms with E-state index < -0.39 is 0 Å². The highest BCUT2D eigenvalue weighted by Crippen LogP contribution is 2.31. The summed E-state index contributed by atoms with van der Waals surface area (Å²) in [6.07, 6.45) is 1.01. The maximum absolute atomic E-state index is 10.3. The van der Waals surface area contributed by atoms with Crippen LogP contribution in [0.3, 0.4) is 0 Å². The van der Waals surface area contributed by atoms with Gasteiger partial charge in [0.2, 0.25) is 0 Å². The summed E-state index contributed by atoms with van der Waals surface area (Å²) in [5, 5.41) is 15.3. The van der Waals surface area contributed by atoms with Crippen LogP contribution >= 0.6 is 0 Å². The number of nitrogens with zero attached hydrogens (tertiary/aromatic N) is 1. The van der Waals surface area contributed by atoms with Crippen LogP contribution in [-0.4, -0.2) is 11.7 Å². The second-order valence-electron chi connectivity index (χ2n) is 3.17. The molecule has 4 nitrogen and oxygen atoms in total. The van der Waals surface area contributed by atoms with Gasteiger partial charge in [0.1, 0.15) is 11.4 Å². The number of aryl methyl sites for hydroxylation is 1. The van der Waals surface area contributed by atoms with Gasteiger partial charge in [0.15, 0.2) is 0 Å². The maximum Gasteiger partial charge on any atom is 0.150 e. The normalized spacial score (nSPS) is 9.86. The summed E-state index contributed by atoms with van der Waals surface area (Å²) in [7, 11) is 0. The molecule has 2 N–H and O–H groups in total. The molecular weight excluding hydrogens is 180 g/mol. The van der Waals surface area contributed by atoms with E-state index in [2.05, 4.69) is 17.4 Å². The zero-order valence-electron chi connectivity index (χ0n) is 8.37. The SMILES string of the molecule is CCCNc1cc(O)c(N=O)cc1C. The summed E-state index contributed by atoms with van der Waals surface area (Å²) in [5.41, 5.74) is 1.84. The number of nitrogens with one attached hydrogen (secondary N) is 1. The Morgan fingerprint density at radius 3 is 2.79 bits per heavy atom. The van der Waals surface area contributed by atoms with Crippen molar-refractivity contribution in [2.75, 3.05) is 11.9 Å². The predicted molar refractivity (Wildman–Crippen MR) is 57.1 cm³/mol. The van der Waals surface area contributed by atoms with Crippen molar-refractivity contribution < 1.29 is 5.11 Å². The standard InChI is InChI=1S/C10H14N2O2/c1-3-4-11-8-6-10(13)9(12-14)5-7(8)2/h5-6,11,13H,3-4H2,1-2H3. The summed E-state index contributed by atoms with van der Waals surface area (Å²) in [6.45, 7) is 4.77. The van der Waals surface area contributed by atoms with Crippen LogP contribution in [0.15, 0.2) is 17.3 Å². The first-order valence-electron chi connectivity index (χ1n) is 4.60. The van der Waals surface area contributed by atoms with E-state index in [9.17, 15) is 10.0 Å². The molecule has 0 aliphatic heterocycles. The third-order valence-corrected chi connectivity index (χ3v) is 1.99. The van der Waals surface area contributed by atoms with Gasteiger partial charge in [-0.3, -0.25) is 0 Å². The molecule has 0 amide bonds. The summed E-state index contributed by atoms with van der Waals surface area (Å²) in [6, 6.07) is 3.10. The number of phenolic OH excluding ortho intramolecular Hbond substituents is 1. The van der Waals surface area contributed by atoms with E-state index in [0.717, 1.165) is 24.2 Å². The minimum atomic E-state index is -0.0794. The van der Waals surface area contributed by atoms with E-state index in [0.29, 0.717) is 0 Å². The molecule has 0 atom stereocenters. The number of hydrogen-bond acceptors (Lipinski definition) is 4. The predicted octanol–water partition coefficient (Wildman–Crippen LogP) is 2.92. The largest absolute Gasteiger partial charge is 0.505 e. The van der Waals surface area contributed by atoms with Crippen LogP contribution < -0.4 is 5.32 Å². The first-order chi connectivity index (χ1) is 6.69. The molecule has 1 rings (SSSR count). The lowest BCUT2D eigenvalue weighted by Gasteiger charge is -2.09. The Labute approximate surface area is 82.9 Å². The Kier molecular flexibility index (Phi) is 3.45. The van der Waals surface area contributed by atoms with Gasteiger partial charge in [0, 0.05) is 18.3 Å². The van der Waals surface area contributed by atoms with Crippen LogP contribution in [0.1, 0.15) is 18.9 Å². The summed E-state index contributed by atoms with van der Waals surface area (Å²) in [4.78, 5) is 10.3. The quantitative estimate of drug-likeness (QED) is 0.724. The van der Waals surface area contributed by atoms with Gasteiger partial charge in [-0.2, -0.15) is 0 Å². The van der Waals surface area contributed by atoms with Crippen molar-refractivity contribution in [3.05, 3.63) is 22.6 Å². The molecule has 0 aliphatic carbocycles. The number of rotatable bonds is 4. The zero-order valence-corrected chi connectivity index (χ0v) is 8.37. The van der Waals surface area contributed by atoms with Crippen LogP contribution in [0.2, 0.25) is 0 Å². The van der Waals surface area contributed by atoms with Gasteiger partial charge in [0.05, 0.1) is 0 Å². The fourth-order valence-electron chi connectivity index (χ4n) is 1.20. The van der Waals surface area contributed by atoms with Gasteiger partial charge in [-0.1, -0.05) is 6.92 Å². The summed E-state index contributed by atoms with van der Waals surface area (Å²) < 4.78 is 0. The lowest BCUT2D eigenvalue weighted by Crippen LogP contribution is -2.01. The topological polar surface area (TPSA) is 61.7 Å². The van der Waals surface area contributed by atoms with Crippen molar-refractivity contribution in [3.63, 3.8) is 0 Å². The van der Waals surface area contributed by atoms with E-state index >= 15 is 0 Å². The number of phenols is 1. The highest BCUT2D eigenvalue weighted by Gasteiger charge is 2.05. The van der Waals surface area contributed by atoms with Crippen molar-refractivity contribution in [2.45, 2.75) is 20.3 Å². The van der Waals surface area contributed by atoms with Gasteiger partial charge in [-0.15, -0.1) is 4.91 Å². The fourth-order valence-corrected chi connectivity index (χ4v) is 1.20. The molecule has 0 fully saturated rings. The van der Waals surface area contributed by atoms with E-state index in [1.54, 1.807) is 6.07 Å². The van der Waals surface area contributed by atoms with Crippen molar-refractivity contribution in [3.8, 4) is 5.75 Å². The summed E-state index contributed by atoms with van der Waals surface area (Å²) in [5.74, 6) is -0.0794. The van der Waals surface area contributed by atoms with Gasteiger partial charge in [0.25, 0.3) is 0 Å².